The van der Waals surface area contributed by atoms with Gasteiger partial charge in [-0.15, -0.1) is 0 Å². The van der Waals surface area contributed by atoms with Crippen LogP contribution in [0.1, 0.15) is 16.7 Å². The van der Waals surface area contributed by atoms with Gasteiger partial charge in [0.15, 0.2) is 11.5 Å². The second-order valence-electron chi connectivity index (χ2n) is 7.92. The van der Waals surface area contributed by atoms with Crippen molar-refractivity contribution < 1.29 is 19.1 Å². The number of rotatable bonds is 7. The van der Waals surface area contributed by atoms with E-state index in [2.05, 4.69) is 0 Å². The predicted molar refractivity (Wildman–Crippen MR) is 128 cm³/mol. The van der Waals surface area contributed by atoms with Crippen LogP contribution in [-0.4, -0.2) is 38.0 Å². The molecule has 4 rings (SSSR count). The van der Waals surface area contributed by atoms with Crippen molar-refractivity contribution in [2.24, 2.45) is 0 Å². The molecule has 3 aromatic rings. The van der Waals surface area contributed by atoms with Gasteiger partial charge in [0.2, 0.25) is 0 Å². The minimum atomic E-state index is -0.374. The van der Waals surface area contributed by atoms with Gasteiger partial charge in [0.25, 0.3) is 11.8 Å². The van der Waals surface area contributed by atoms with Crippen LogP contribution in [0.4, 0.5) is 5.69 Å². The lowest BCUT2D eigenvalue weighted by Gasteiger charge is -2.22. The molecule has 1 heterocycles. The highest BCUT2D eigenvalue weighted by atomic mass is 16.5. The second kappa shape index (κ2) is 9.20. The van der Waals surface area contributed by atoms with Crippen LogP contribution in [0, 0.1) is 6.92 Å². The average Bonchev–Trinajstić information content (AvgIpc) is 3.09. The summed E-state index contributed by atoms with van der Waals surface area (Å²) >= 11 is 0. The van der Waals surface area contributed by atoms with Gasteiger partial charge in [-0.05, 0) is 30.2 Å². The number of imide groups is 1. The number of ether oxygens (including phenoxy) is 2. The number of hydrogen-bond acceptors (Lipinski definition) is 5. The third-order valence-electron chi connectivity index (χ3n) is 5.67. The largest absolute Gasteiger partial charge is 0.493 e. The lowest BCUT2D eigenvalue weighted by molar-refractivity contribution is -0.120. The molecule has 33 heavy (non-hydrogen) atoms. The van der Waals surface area contributed by atoms with E-state index in [-0.39, 0.29) is 11.8 Å². The number of aryl methyl sites for hydroxylation is 1. The summed E-state index contributed by atoms with van der Waals surface area (Å²) < 4.78 is 10.7. The van der Waals surface area contributed by atoms with E-state index in [9.17, 15) is 9.59 Å². The fourth-order valence-electron chi connectivity index (χ4n) is 3.99. The fraction of sp³-hybridized carbons (Fsp3) is 0.185. The van der Waals surface area contributed by atoms with Crippen LogP contribution in [0.25, 0.3) is 5.57 Å². The summed E-state index contributed by atoms with van der Waals surface area (Å²) in [6, 6.07) is 22.5. The molecule has 0 aromatic heterocycles. The lowest BCUT2D eigenvalue weighted by Crippen LogP contribution is -2.34. The van der Waals surface area contributed by atoms with Crippen molar-refractivity contribution in [1.29, 1.82) is 0 Å². The minimum Gasteiger partial charge on any atom is -0.493 e. The molecular weight excluding hydrogens is 416 g/mol. The molecule has 2 amide bonds. The van der Waals surface area contributed by atoms with Crippen LogP contribution in [0.15, 0.2) is 78.5 Å². The van der Waals surface area contributed by atoms with Gasteiger partial charge in [0.1, 0.15) is 5.70 Å². The maximum atomic E-state index is 13.7. The number of hydrogen-bond donors (Lipinski definition) is 0. The first-order valence-electron chi connectivity index (χ1n) is 10.6. The Kier molecular flexibility index (Phi) is 6.18. The van der Waals surface area contributed by atoms with Crippen molar-refractivity contribution in [1.82, 2.24) is 4.90 Å². The van der Waals surface area contributed by atoms with Gasteiger partial charge in [0.05, 0.1) is 25.5 Å². The topological polar surface area (TPSA) is 59.1 Å². The quantitative estimate of drug-likeness (QED) is 0.507. The van der Waals surface area contributed by atoms with Crippen LogP contribution in [0.5, 0.6) is 11.5 Å². The first-order chi connectivity index (χ1) is 15.9. The zero-order valence-electron chi connectivity index (χ0n) is 19.2. The van der Waals surface area contributed by atoms with Crippen molar-refractivity contribution in [2.75, 3.05) is 26.2 Å². The molecule has 6 heteroatoms. The van der Waals surface area contributed by atoms with Crippen molar-refractivity contribution >= 4 is 23.1 Å². The molecule has 0 N–H and O–H groups in total. The molecule has 6 nitrogen and oxygen atoms in total. The molecule has 0 spiro atoms. The molecule has 0 atom stereocenters. The van der Waals surface area contributed by atoms with Gasteiger partial charge in [-0.3, -0.25) is 9.59 Å². The summed E-state index contributed by atoms with van der Waals surface area (Å²) in [4.78, 5) is 30.4. The van der Waals surface area contributed by atoms with E-state index < -0.39 is 0 Å². The van der Waals surface area contributed by atoms with Crippen molar-refractivity contribution in [2.45, 2.75) is 13.5 Å². The lowest BCUT2D eigenvalue weighted by atomic mass is 10.0. The number of amides is 2. The van der Waals surface area contributed by atoms with Crippen LogP contribution >= 0.6 is 0 Å². The molecule has 168 valence electrons. The second-order valence-corrected chi connectivity index (χ2v) is 7.92. The van der Waals surface area contributed by atoms with Crippen molar-refractivity contribution in [3.05, 3.63) is 95.2 Å². The fourth-order valence-corrected chi connectivity index (χ4v) is 3.99. The van der Waals surface area contributed by atoms with E-state index in [1.54, 1.807) is 18.2 Å². The smallest absolute Gasteiger partial charge is 0.282 e. The Morgan fingerprint density at radius 3 is 2.12 bits per heavy atom. The number of anilines is 1. The monoisotopic (exact) mass is 442 g/mol. The van der Waals surface area contributed by atoms with Crippen LogP contribution < -0.4 is 14.4 Å². The van der Waals surface area contributed by atoms with Gasteiger partial charge >= 0.3 is 0 Å². The summed E-state index contributed by atoms with van der Waals surface area (Å²) in [6.45, 7) is 2.47. The third-order valence-corrected chi connectivity index (χ3v) is 5.67. The molecule has 0 fully saturated rings. The van der Waals surface area contributed by atoms with E-state index in [1.165, 1.54) is 19.1 Å². The minimum absolute atomic E-state index is 0.363. The number of likely N-dealkylation sites (N-methyl/N-ethyl adjacent to an activating group) is 1. The highest BCUT2D eigenvalue weighted by Gasteiger charge is 2.42. The molecule has 0 saturated heterocycles. The maximum Gasteiger partial charge on any atom is 0.282 e. The summed E-state index contributed by atoms with van der Waals surface area (Å²) in [5.41, 5.74) is 4.00. The summed E-state index contributed by atoms with van der Waals surface area (Å²) in [5.74, 6) is 0.222. The molecule has 0 unspecified atom stereocenters. The number of methoxy groups -OCH3 is 2. The van der Waals surface area contributed by atoms with Crippen molar-refractivity contribution in [3.63, 3.8) is 0 Å². The standard InChI is InChI=1S/C27H26N2O4/c1-18-10-12-20(13-11-18)24-25(28(2)17-19-8-6-5-7-9-19)27(31)29(26(24)30)21-14-15-22(32-3)23(16-21)33-4/h5-16H,17H2,1-4H3. The van der Waals surface area contributed by atoms with Gasteiger partial charge in [0, 0.05) is 19.7 Å². The Morgan fingerprint density at radius 1 is 0.818 bits per heavy atom. The highest BCUT2D eigenvalue weighted by Crippen LogP contribution is 2.38. The number of carbonyl (C=O) groups is 2. The van der Waals surface area contributed by atoms with E-state index in [0.717, 1.165) is 11.1 Å². The molecule has 0 aliphatic carbocycles. The summed E-state index contributed by atoms with van der Waals surface area (Å²) in [7, 11) is 4.89. The highest BCUT2D eigenvalue weighted by molar-refractivity contribution is 6.45. The molecule has 0 saturated carbocycles. The van der Waals surface area contributed by atoms with E-state index in [1.807, 2.05) is 73.5 Å². The first kappa shape index (κ1) is 22.1. The van der Waals surface area contributed by atoms with Gasteiger partial charge in [-0.25, -0.2) is 4.90 Å². The summed E-state index contributed by atoms with van der Waals surface area (Å²) in [6.07, 6.45) is 0. The van der Waals surface area contributed by atoms with Gasteiger partial charge in [-0.2, -0.15) is 0 Å². The zero-order valence-corrected chi connectivity index (χ0v) is 19.2. The number of benzene rings is 3. The third kappa shape index (κ3) is 4.20. The Labute approximate surface area is 193 Å². The van der Waals surface area contributed by atoms with Gasteiger partial charge in [-0.1, -0.05) is 60.2 Å². The van der Waals surface area contributed by atoms with E-state index >= 15 is 0 Å². The van der Waals surface area contributed by atoms with E-state index in [0.29, 0.717) is 40.6 Å². The van der Waals surface area contributed by atoms with Crippen LogP contribution in [0.2, 0.25) is 0 Å². The zero-order chi connectivity index (χ0) is 23.5. The molecule has 0 radical (unpaired) electrons. The molecule has 0 bridgehead atoms. The van der Waals surface area contributed by atoms with Crippen molar-refractivity contribution in [3.8, 4) is 11.5 Å². The Balaban J connectivity index is 1.80. The Hall–Kier alpha value is -4.06. The van der Waals surface area contributed by atoms with E-state index in [4.69, 9.17) is 9.47 Å². The molecule has 1 aliphatic rings. The van der Waals surface area contributed by atoms with Gasteiger partial charge < -0.3 is 14.4 Å². The average molecular weight is 443 g/mol. The summed E-state index contributed by atoms with van der Waals surface area (Å²) in [5, 5.41) is 0. The normalized spacial score (nSPS) is 13.5. The first-order valence-corrected chi connectivity index (χ1v) is 10.6. The number of carbonyl (C=O) groups excluding carboxylic acids is 2. The molecule has 1 aliphatic heterocycles. The maximum absolute atomic E-state index is 13.7. The predicted octanol–water partition coefficient (Wildman–Crippen LogP) is 4.43. The van der Waals surface area contributed by atoms with Crippen LogP contribution in [0.3, 0.4) is 0 Å². The van der Waals surface area contributed by atoms with Crippen LogP contribution in [-0.2, 0) is 16.1 Å². The molecular formula is C27H26N2O4. The SMILES string of the molecule is COc1ccc(N2C(=O)C(c3ccc(C)cc3)=C(N(C)Cc3ccccc3)C2=O)cc1OC. The molecule has 3 aromatic carbocycles. The Morgan fingerprint density at radius 2 is 1.48 bits per heavy atom. The Bertz CT molecular complexity index is 1220. The number of nitrogens with zero attached hydrogens (tertiary/aromatic N) is 2.